The molecule has 0 atom stereocenters. The Labute approximate surface area is 164 Å². The SMILES string of the molecule is CC(=O)N1CCc2cc(C(=O)NCCCOc3ccc(Cl)cc3C)ccc21. The Morgan fingerprint density at radius 3 is 2.78 bits per heavy atom. The van der Waals surface area contributed by atoms with Gasteiger partial charge in [-0.05, 0) is 67.3 Å². The normalized spacial score (nSPS) is 12.6. The van der Waals surface area contributed by atoms with E-state index in [-0.39, 0.29) is 11.8 Å². The van der Waals surface area contributed by atoms with Gasteiger partial charge in [-0.1, -0.05) is 11.6 Å². The maximum Gasteiger partial charge on any atom is 0.251 e. The molecule has 2 aromatic rings. The molecule has 6 heteroatoms. The number of hydrogen-bond acceptors (Lipinski definition) is 3. The average molecular weight is 387 g/mol. The number of benzene rings is 2. The molecule has 0 aromatic heterocycles. The molecule has 0 fully saturated rings. The quantitative estimate of drug-likeness (QED) is 0.769. The fourth-order valence-corrected chi connectivity index (χ4v) is 3.43. The number of ether oxygens (including phenoxy) is 1. The Morgan fingerprint density at radius 1 is 1.22 bits per heavy atom. The summed E-state index contributed by atoms with van der Waals surface area (Å²) in [5.74, 6) is 0.725. The van der Waals surface area contributed by atoms with Crippen molar-refractivity contribution in [1.82, 2.24) is 5.32 Å². The largest absolute Gasteiger partial charge is 0.493 e. The molecule has 27 heavy (non-hydrogen) atoms. The molecule has 3 rings (SSSR count). The molecule has 0 spiro atoms. The van der Waals surface area contributed by atoms with Gasteiger partial charge in [-0.25, -0.2) is 0 Å². The van der Waals surface area contributed by atoms with Crippen LogP contribution in [0.5, 0.6) is 5.75 Å². The fraction of sp³-hybridized carbons (Fsp3) is 0.333. The molecule has 0 saturated heterocycles. The third kappa shape index (κ3) is 4.61. The zero-order chi connectivity index (χ0) is 19.4. The molecule has 0 bridgehead atoms. The summed E-state index contributed by atoms with van der Waals surface area (Å²) in [5, 5.41) is 3.60. The Balaban J connectivity index is 1.47. The topological polar surface area (TPSA) is 58.6 Å². The number of anilines is 1. The Bertz CT molecular complexity index is 867. The summed E-state index contributed by atoms with van der Waals surface area (Å²) < 4.78 is 5.73. The van der Waals surface area contributed by atoms with Crippen LogP contribution in [0.15, 0.2) is 36.4 Å². The van der Waals surface area contributed by atoms with Gasteiger partial charge in [-0.15, -0.1) is 0 Å². The van der Waals surface area contributed by atoms with Crippen LogP contribution in [0.4, 0.5) is 5.69 Å². The highest BCUT2D eigenvalue weighted by Crippen LogP contribution is 2.28. The van der Waals surface area contributed by atoms with Gasteiger partial charge in [0, 0.05) is 36.3 Å². The van der Waals surface area contributed by atoms with Crippen molar-refractivity contribution in [3.63, 3.8) is 0 Å². The number of fused-ring (bicyclic) bond motifs is 1. The zero-order valence-corrected chi connectivity index (χ0v) is 16.3. The van der Waals surface area contributed by atoms with Crippen LogP contribution in [0.25, 0.3) is 0 Å². The first kappa shape index (κ1) is 19.2. The van der Waals surface area contributed by atoms with E-state index in [1.54, 1.807) is 24.0 Å². The minimum absolute atomic E-state index is 0.0295. The van der Waals surface area contributed by atoms with E-state index >= 15 is 0 Å². The molecule has 0 saturated carbocycles. The number of hydrogen-bond donors (Lipinski definition) is 1. The van der Waals surface area contributed by atoms with Gasteiger partial charge in [0.05, 0.1) is 6.61 Å². The Morgan fingerprint density at radius 2 is 2.04 bits per heavy atom. The average Bonchev–Trinajstić information content (AvgIpc) is 3.06. The van der Waals surface area contributed by atoms with Gasteiger partial charge in [0.15, 0.2) is 0 Å². The van der Waals surface area contributed by atoms with Crippen LogP contribution in [-0.2, 0) is 11.2 Å². The van der Waals surface area contributed by atoms with Gasteiger partial charge in [-0.2, -0.15) is 0 Å². The molecule has 1 aliphatic rings. The van der Waals surface area contributed by atoms with E-state index in [1.807, 2.05) is 31.2 Å². The standard InChI is InChI=1S/C21H23ClN2O3/c1-14-12-18(22)5-7-20(14)27-11-3-9-23-21(26)17-4-6-19-16(13-17)8-10-24(19)15(2)25/h4-7,12-13H,3,8-11H2,1-2H3,(H,23,26). The van der Waals surface area contributed by atoms with Gasteiger partial charge >= 0.3 is 0 Å². The van der Waals surface area contributed by atoms with Crippen LogP contribution in [0, 0.1) is 6.92 Å². The summed E-state index contributed by atoms with van der Waals surface area (Å²) >= 11 is 5.93. The van der Waals surface area contributed by atoms with Crippen molar-refractivity contribution in [2.75, 3.05) is 24.6 Å². The second kappa shape index (κ2) is 8.44. The first-order valence-electron chi connectivity index (χ1n) is 9.04. The molecule has 2 amide bonds. The number of amides is 2. The molecular weight excluding hydrogens is 364 g/mol. The lowest BCUT2D eigenvalue weighted by molar-refractivity contribution is -0.116. The summed E-state index contributed by atoms with van der Waals surface area (Å²) in [6.45, 7) is 5.23. The van der Waals surface area contributed by atoms with Crippen LogP contribution < -0.4 is 15.0 Å². The van der Waals surface area contributed by atoms with E-state index in [0.717, 1.165) is 29.0 Å². The van der Waals surface area contributed by atoms with Crippen LogP contribution in [0.2, 0.25) is 5.02 Å². The molecule has 1 aliphatic heterocycles. The van der Waals surface area contributed by atoms with Gasteiger partial charge in [0.1, 0.15) is 5.75 Å². The predicted molar refractivity (Wildman–Crippen MR) is 107 cm³/mol. The maximum atomic E-state index is 12.3. The number of rotatable bonds is 6. The van der Waals surface area contributed by atoms with Gasteiger partial charge in [-0.3, -0.25) is 9.59 Å². The van der Waals surface area contributed by atoms with Crippen LogP contribution in [0.1, 0.15) is 34.8 Å². The predicted octanol–water partition coefficient (Wildman–Crippen LogP) is 3.76. The number of aryl methyl sites for hydroxylation is 1. The zero-order valence-electron chi connectivity index (χ0n) is 15.5. The van der Waals surface area contributed by atoms with Crippen molar-refractivity contribution < 1.29 is 14.3 Å². The van der Waals surface area contributed by atoms with E-state index < -0.39 is 0 Å². The first-order valence-corrected chi connectivity index (χ1v) is 9.41. The van der Waals surface area contributed by atoms with Gasteiger partial charge in [0.25, 0.3) is 5.91 Å². The van der Waals surface area contributed by atoms with Crippen LogP contribution in [-0.4, -0.2) is 31.5 Å². The molecule has 5 nitrogen and oxygen atoms in total. The van der Waals surface area contributed by atoms with Gasteiger partial charge in [0.2, 0.25) is 5.91 Å². The Kier molecular flexibility index (Phi) is 6.01. The minimum atomic E-state index is -0.109. The van der Waals surface area contributed by atoms with Crippen molar-refractivity contribution in [1.29, 1.82) is 0 Å². The lowest BCUT2D eigenvalue weighted by Gasteiger charge is -2.14. The highest BCUT2D eigenvalue weighted by atomic mass is 35.5. The van der Waals surface area contributed by atoms with Crippen molar-refractivity contribution in [2.24, 2.45) is 0 Å². The van der Waals surface area contributed by atoms with Crippen molar-refractivity contribution in [3.8, 4) is 5.75 Å². The number of nitrogens with one attached hydrogen (secondary N) is 1. The molecule has 1 heterocycles. The van der Waals surface area contributed by atoms with E-state index in [1.165, 1.54) is 0 Å². The van der Waals surface area contributed by atoms with E-state index in [9.17, 15) is 9.59 Å². The fourth-order valence-electron chi connectivity index (χ4n) is 3.20. The summed E-state index contributed by atoms with van der Waals surface area (Å²) in [6, 6.07) is 11.0. The van der Waals surface area contributed by atoms with Crippen molar-refractivity contribution >= 4 is 29.1 Å². The third-order valence-electron chi connectivity index (χ3n) is 4.62. The van der Waals surface area contributed by atoms with Crippen LogP contribution in [0.3, 0.4) is 0 Å². The lowest BCUT2D eigenvalue weighted by atomic mass is 10.1. The monoisotopic (exact) mass is 386 g/mol. The molecule has 1 N–H and O–H groups in total. The summed E-state index contributed by atoms with van der Waals surface area (Å²) in [6.07, 6.45) is 1.49. The van der Waals surface area contributed by atoms with E-state index in [4.69, 9.17) is 16.3 Å². The number of halogens is 1. The summed E-state index contributed by atoms with van der Waals surface area (Å²) in [7, 11) is 0. The number of nitrogens with zero attached hydrogens (tertiary/aromatic N) is 1. The van der Waals surface area contributed by atoms with Crippen molar-refractivity contribution in [3.05, 3.63) is 58.1 Å². The maximum absolute atomic E-state index is 12.3. The third-order valence-corrected chi connectivity index (χ3v) is 4.85. The van der Waals surface area contributed by atoms with E-state index in [2.05, 4.69) is 5.32 Å². The highest BCUT2D eigenvalue weighted by Gasteiger charge is 2.23. The second-order valence-corrected chi connectivity index (χ2v) is 7.07. The Hall–Kier alpha value is -2.53. The van der Waals surface area contributed by atoms with Crippen LogP contribution >= 0.6 is 11.6 Å². The first-order chi connectivity index (χ1) is 13.0. The molecule has 0 aliphatic carbocycles. The number of carbonyl (C=O) groups is 2. The molecular formula is C21H23ClN2O3. The molecule has 0 unspecified atom stereocenters. The molecule has 142 valence electrons. The minimum Gasteiger partial charge on any atom is -0.493 e. The number of carbonyl (C=O) groups excluding carboxylic acids is 2. The summed E-state index contributed by atoms with van der Waals surface area (Å²) in [4.78, 5) is 25.7. The summed E-state index contributed by atoms with van der Waals surface area (Å²) in [5.41, 5.74) is 3.56. The molecule has 2 aromatic carbocycles. The van der Waals surface area contributed by atoms with Gasteiger partial charge < -0.3 is 15.0 Å². The second-order valence-electron chi connectivity index (χ2n) is 6.63. The highest BCUT2D eigenvalue weighted by molar-refractivity contribution is 6.30. The smallest absolute Gasteiger partial charge is 0.251 e. The van der Waals surface area contributed by atoms with E-state index in [0.29, 0.717) is 36.7 Å². The molecule has 0 radical (unpaired) electrons. The lowest BCUT2D eigenvalue weighted by Crippen LogP contribution is -2.26. The van der Waals surface area contributed by atoms with Crippen molar-refractivity contribution in [2.45, 2.75) is 26.7 Å².